The van der Waals surface area contributed by atoms with Gasteiger partial charge in [0.1, 0.15) is 0 Å². The van der Waals surface area contributed by atoms with Gasteiger partial charge in [0.2, 0.25) is 0 Å². The first-order valence-corrected chi connectivity index (χ1v) is 10.5. The number of hydrogen-bond acceptors (Lipinski definition) is 2. The number of rotatable bonds is 5. The highest BCUT2D eigenvalue weighted by Crippen LogP contribution is 2.23. The predicted molar refractivity (Wildman–Crippen MR) is 129 cm³/mol. The fourth-order valence-electron chi connectivity index (χ4n) is 3.21. The third-order valence-electron chi connectivity index (χ3n) is 4.93. The molecule has 0 aliphatic carbocycles. The zero-order chi connectivity index (χ0) is 21.7. The van der Waals surface area contributed by atoms with E-state index in [2.05, 4.69) is 56.5 Å². The minimum absolute atomic E-state index is 0.00209. The molecule has 3 aromatic rings. The number of carbonyl (C=O) groups excluding carboxylic acids is 1. The molecule has 0 aromatic heterocycles. The molecule has 154 valence electrons. The Kier molecular flexibility index (Phi) is 6.68. The quantitative estimate of drug-likeness (QED) is 0.395. The standard InChI is InChI=1S/C26H28N2OS/c1-18-7-5-8-19(15-18)17-27-25(30)28-23-10-6-9-21(16-23)24(29)20-11-13-22(14-12-20)26(2,3)4/h5-16H,17H2,1-4H3,(H2,27,28,30). The van der Waals surface area contributed by atoms with Crippen molar-refractivity contribution >= 4 is 28.8 Å². The Hall–Kier alpha value is -2.98. The van der Waals surface area contributed by atoms with E-state index >= 15 is 0 Å². The van der Waals surface area contributed by atoms with Gasteiger partial charge in [-0.05, 0) is 47.8 Å². The normalized spacial score (nSPS) is 11.1. The van der Waals surface area contributed by atoms with E-state index in [-0.39, 0.29) is 11.2 Å². The maximum Gasteiger partial charge on any atom is 0.193 e. The Morgan fingerprint density at radius 1 is 0.900 bits per heavy atom. The zero-order valence-corrected chi connectivity index (χ0v) is 18.8. The van der Waals surface area contributed by atoms with Crippen LogP contribution >= 0.6 is 12.2 Å². The van der Waals surface area contributed by atoms with Crippen LogP contribution in [0.1, 0.15) is 53.4 Å². The molecule has 30 heavy (non-hydrogen) atoms. The lowest BCUT2D eigenvalue weighted by Gasteiger charge is -2.19. The molecule has 0 bridgehead atoms. The molecular weight excluding hydrogens is 388 g/mol. The highest BCUT2D eigenvalue weighted by Gasteiger charge is 2.15. The maximum absolute atomic E-state index is 12.9. The number of hydrogen-bond donors (Lipinski definition) is 2. The molecule has 2 N–H and O–H groups in total. The molecule has 4 heteroatoms. The summed E-state index contributed by atoms with van der Waals surface area (Å²) in [6, 6.07) is 23.6. The van der Waals surface area contributed by atoms with Crippen LogP contribution in [-0.2, 0) is 12.0 Å². The molecule has 0 atom stereocenters. The van der Waals surface area contributed by atoms with Gasteiger partial charge < -0.3 is 10.6 Å². The molecule has 3 nitrogen and oxygen atoms in total. The topological polar surface area (TPSA) is 41.1 Å². The van der Waals surface area contributed by atoms with Gasteiger partial charge in [0.05, 0.1) is 0 Å². The molecule has 0 saturated carbocycles. The Labute approximate surface area is 184 Å². The van der Waals surface area contributed by atoms with E-state index in [0.29, 0.717) is 22.8 Å². The van der Waals surface area contributed by atoms with Gasteiger partial charge in [-0.3, -0.25) is 4.79 Å². The van der Waals surface area contributed by atoms with E-state index in [4.69, 9.17) is 12.2 Å². The molecule has 0 fully saturated rings. The largest absolute Gasteiger partial charge is 0.358 e. The van der Waals surface area contributed by atoms with Crippen LogP contribution in [0.2, 0.25) is 0 Å². The highest BCUT2D eigenvalue weighted by molar-refractivity contribution is 7.80. The Bertz CT molecular complexity index is 1050. The van der Waals surface area contributed by atoms with Gasteiger partial charge in [-0.1, -0.05) is 87.0 Å². The lowest BCUT2D eigenvalue weighted by molar-refractivity contribution is 0.103. The molecule has 0 radical (unpaired) electrons. The first-order valence-electron chi connectivity index (χ1n) is 10.1. The number of ketones is 1. The summed E-state index contributed by atoms with van der Waals surface area (Å²) in [4.78, 5) is 12.9. The van der Waals surface area contributed by atoms with Crippen molar-refractivity contribution in [3.05, 3.63) is 101 Å². The molecule has 0 amide bonds. The van der Waals surface area contributed by atoms with Crippen LogP contribution in [0.3, 0.4) is 0 Å². The Balaban J connectivity index is 1.65. The second-order valence-corrected chi connectivity index (χ2v) is 8.94. The van der Waals surface area contributed by atoms with Crippen LogP contribution in [0.4, 0.5) is 5.69 Å². The summed E-state index contributed by atoms with van der Waals surface area (Å²) in [6.45, 7) is 9.20. The van der Waals surface area contributed by atoms with Crippen molar-refractivity contribution < 1.29 is 4.79 Å². The average molecular weight is 417 g/mol. The zero-order valence-electron chi connectivity index (χ0n) is 18.0. The number of benzene rings is 3. The lowest BCUT2D eigenvalue weighted by atomic mass is 9.86. The molecule has 3 aromatic carbocycles. The molecule has 0 heterocycles. The second-order valence-electron chi connectivity index (χ2n) is 8.53. The summed E-state index contributed by atoms with van der Waals surface area (Å²) in [5, 5.41) is 6.91. The van der Waals surface area contributed by atoms with Crippen molar-refractivity contribution in [3.63, 3.8) is 0 Å². The van der Waals surface area contributed by atoms with Gasteiger partial charge in [-0.15, -0.1) is 0 Å². The van der Waals surface area contributed by atoms with E-state index in [1.54, 1.807) is 0 Å². The van der Waals surface area contributed by atoms with E-state index in [0.717, 1.165) is 5.69 Å². The first-order chi connectivity index (χ1) is 14.2. The van der Waals surface area contributed by atoms with E-state index in [1.807, 2.05) is 54.6 Å². The van der Waals surface area contributed by atoms with Gasteiger partial charge in [0, 0.05) is 23.4 Å². The van der Waals surface area contributed by atoms with E-state index in [9.17, 15) is 4.79 Å². The van der Waals surface area contributed by atoms with Gasteiger partial charge in [-0.25, -0.2) is 0 Å². The summed E-state index contributed by atoms with van der Waals surface area (Å²) < 4.78 is 0. The molecule has 0 unspecified atom stereocenters. The van der Waals surface area contributed by atoms with Crippen molar-refractivity contribution in [1.29, 1.82) is 0 Å². The number of carbonyl (C=O) groups is 1. The van der Waals surface area contributed by atoms with Crippen LogP contribution in [0.15, 0.2) is 72.8 Å². The Morgan fingerprint density at radius 3 is 2.27 bits per heavy atom. The summed E-state index contributed by atoms with van der Waals surface area (Å²) in [6.07, 6.45) is 0. The summed E-state index contributed by atoms with van der Waals surface area (Å²) >= 11 is 5.41. The maximum atomic E-state index is 12.9. The van der Waals surface area contributed by atoms with Crippen LogP contribution in [0.25, 0.3) is 0 Å². The number of thiocarbonyl (C=S) groups is 1. The van der Waals surface area contributed by atoms with Crippen molar-refractivity contribution in [1.82, 2.24) is 5.32 Å². The molecule has 3 rings (SSSR count). The van der Waals surface area contributed by atoms with Crippen molar-refractivity contribution in [2.75, 3.05) is 5.32 Å². The SMILES string of the molecule is Cc1cccc(CNC(=S)Nc2cccc(C(=O)c3ccc(C(C)(C)C)cc3)c2)c1. The average Bonchev–Trinajstić information content (AvgIpc) is 2.71. The van der Waals surface area contributed by atoms with Crippen LogP contribution in [-0.4, -0.2) is 10.9 Å². The summed E-state index contributed by atoms with van der Waals surface area (Å²) in [5.41, 5.74) is 5.75. The lowest BCUT2D eigenvalue weighted by Crippen LogP contribution is -2.28. The van der Waals surface area contributed by atoms with Gasteiger partial charge in [0.25, 0.3) is 0 Å². The highest BCUT2D eigenvalue weighted by atomic mass is 32.1. The molecule has 0 aliphatic heterocycles. The molecule has 0 saturated heterocycles. The third kappa shape index (κ3) is 5.77. The summed E-state index contributed by atoms with van der Waals surface area (Å²) in [5.74, 6) is -0.00209. The van der Waals surface area contributed by atoms with Crippen molar-refractivity contribution in [3.8, 4) is 0 Å². The van der Waals surface area contributed by atoms with Crippen LogP contribution < -0.4 is 10.6 Å². The van der Waals surface area contributed by atoms with Gasteiger partial charge in [0.15, 0.2) is 10.9 Å². The number of anilines is 1. The fraction of sp³-hybridized carbons (Fsp3) is 0.231. The van der Waals surface area contributed by atoms with E-state index in [1.165, 1.54) is 16.7 Å². The second kappa shape index (κ2) is 9.23. The molecular formula is C26H28N2OS. The van der Waals surface area contributed by atoms with Crippen LogP contribution in [0.5, 0.6) is 0 Å². The van der Waals surface area contributed by atoms with Crippen LogP contribution in [0, 0.1) is 6.92 Å². The monoisotopic (exact) mass is 416 g/mol. The van der Waals surface area contributed by atoms with Gasteiger partial charge >= 0.3 is 0 Å². The van der Waals surface area contributed by atoms with Gasteiger partial charge in [-0.2, -0.15) is 0 Å². The van der Waals surface area contributed by atoms with Crippen molar-refractivity contribution in [2.45, 2.75) is 39.7 Å². The third-order valence-corrected chi connectivity index (χ3v) is 5.18. The number of nitrogens with one attached hydrogen (secondary N) is 2. The molecule has 0 spiro atoms. The smallest absolute Gasteiger partial charge is 0.193 e. The number of aryl methyl sites for hydroxylation is 1. The minimum atomic E-state index is -0.00209. The van der Waals surface area contributed by atoms with Crippen molar-refractivity contribution in [2.24, 2.45) is 0 Å². The fourth-order valence-corrected chi connectivity index (χ4v) is 3.40. The molecule has 0 aliphatic rings. The summed E-state index contributed by atoms with van der Waals surface area (Å²) in [7, 11) is 0. The minimum Gasteiger partial charge on any atom is -0.358 e. The predicted octanol–water partition coefficient (Wildman–Crippen LogP) is 6.01. The van der Waals surface area contributed by atoms with E-state index < -0.39 is 0 Å². The Morgan fingerprint density at radius 2 is 1.60 bits per heavy atom. The first kappa shape index (κ1) is 21.7.